The fourth-order valence-electron chi connectivity index (χ4n) is 3.35. The van der Waals surface area contributed by atoms with Crippen molar-refractivity contribution in [2.75, 3.05) is 39.4 Å². The summed E-state index contributed by atoms with van der Waals surface area (Å²) in [5.74, 6) is -0.681. The van der Waals surface area contributed by atoms with E-state index in [1.807, 2.05) is 0 Å². The van der Waals surface area contributed by atoms with Gasteiger partial charge in [-0.05, 0) is 39.5 Å². The van der Waals surface area contributed by atoms with E-state index in [1.165, 1.54) is 82.0 Å². The van der Waals surface area contributed by atoms with Crippen LogP contribution in [0, 0.1) is 16.2 Å². The van der Waals surface area contributed by atoms with Crippen LogP contribution in [0.2, 0.25) is 0 Å². The summed E-state index contributed by atoms with van der Waals surface area (Å²) in [7, 11) is 0. The van der Waals surface area contributed by atoms with E-state index in [0.29, 0.717) is 0 Å². The molecule has 6 heteroatoms. The van der Waals surface area contributed by atoms with Crippen LogP contribution in [0.1, 0.15) is 92.9 Å². The molecule has 28 heavy (non-hydrogen) atoms. The Hall–Kier alpha value is -0.850. The van der Waals surface area contributed by atoms with Crippen LogP contribution in [-0.2, 0) is 9.47 Å². The number of ether oxygens (including phenoxy) is 2. The molecule has 1 fully saturated rings. The first-order valence-electron chi connectivity index (χ1n) is 11.4. The molecule has 1 aliphatic rings. The fraction of sp³-hybridized carbons (Fsp3) is 0.955. The number of nitrogens with zero attached hydrogens (tertiary/aromatic N) is 2. The molecule has 0 atom stereocenters. The van der Waals surface area contributed by atoms with Crippen LogP contribution in [0.3, 0.4) is 0 Å². The van der Waals surface area contributed by atoms with E-state index < -0.39 is 10.7 Å². The summed E-state index contributed by atoms with van der Waals surface area (Å²) in [5.41, 5.74) is 0. The van der Waals surface area contributed by atoms with Gasteiger partial charge in [0.2, 0.25) is 0 Å². The summed E-state index contributed by atoms with van der Waals surface area (Å²) in [4.78, 5) is 9.71. The number of hydrogen-bond donors (Lipinski definition) is 0. The second kappa shape index (κ2) is 15.1. The van der Waals surface area contributed by atoms with Crippen molar-refractivity contribution >= 4 is 0 Å². The minimum Gasteiger partial charge on any atom is -0.374 e. The molecule has 0 aromatic rings. The topological polar surface area (TPSA) is 61.6 Å². The Balaban J connectivity index is 0.000000567. The normalized spacial score (nSPS) is 16.4. The molecular formula is C22H46N2O4. The van der Waals surface area contributed by atoms with Gasteiger partial charge in [-0.3, -0.25) is 10.1 Å². The predicted octanol–water partition coefficient (Wildman–Crippen LogP) is 5.58. The number of rotatable bonds is 13. The molecular weight excluding hydrogens is 356 g/mol. The van der Waals surface area contributed by atoms with Crippen molar-refractivity contribution in [1.29, 1.82) is 0 Å². The smallest absolute Gasteiger partial charge is 0.157 e. The highest BCUT2D eigenvalue weighted by atomic mass is 16.7. The van der Waals surface area contributed by atoms with Crippen molar-refractivity contribution in [3.8, 4) is 0 Å². The van der Waals surface area contributed by atoms with Gasteiger partial charge >= 0.3 is 0 Å². The molecule has 1 saturated heterocycles. The molecule has 0 bridgehead atoms. The molecule has 168 valence electrons. The molecule has 0 amide bonds. The van der Waals surface area contributed by atoms with Gasteiger partial charge in [0, 0.05) is 19.3 Å². The van der Waals surface area contributed by atoms with Gasteiger partial charge in [0.1, 0.15) is 0 Å². The van der Waals surface area contributed by atoms with Gasteiger partial charge in [0.05, 0.1) is 26.2 Å². The van der Waals surface area contributed by atoms with Crippen molar-refractivity contribution in [3.05, 3.63) is 16.2 Å². The number of hydrogen-bond acceptors (Lipinski definition) is 4. The third-order valence-electron chi connectivity index (χ3n) is 5.37. The fourth-order valence-corrected chi connectivity index (χ4v) is 3.35. The first-order valence-corrected chi connectivity index (χ1v) is 11.4. The van der Waals surface area contributed by atoms with Crippen LogP contribution in [0.25, 0.3) is 0 Å². The van der Waals surface area contributed by atoms with Crippen LogP contribution in [-0.4, -0.2) is 54.6 Å². The third-order valence-corrected chi connectivity index (χ3v) is 5.37. The number of unbranched alkanes of at least 4 members (excludes halogenated alkanes) is 4. The van der Waals surface area contributed by atoms with E-state index in [0.717, 1.165) is 0 Å². The SMILES string of the molecule is CC1(C)OC[C-]([N+](=O)[O-])CO1.CCCC[N+](CCCC)(CCCC)CCCC. The quantitative estimate of drug-likeness (QED) is 0.175. The average molecular weight is 403 g/mol. The second-order valence-electron chi connectivity index (χ2n) is 8.45. The minimum absolute atomic E-state index is 0.0556. The first kappa shape index (κ1) is 27.1. The maximum absolute atomic E-state index is 10.2. The lowest BCUT2D eigenvalue weighted by Gasteiger charge is -2.39. The van der Waals surface area contributed by atoms with Gasteiger partial charge < -0.3 is 14.0 Å². The van der Waals surface area contributed by atoms with Crippen molar-refractivity contribution < 1.29 is 18.9 Å². The second-order valence-corrected chi connectivity index (χ2v) is 8.45. The van der Waals surface area contributed by atoms with E-state index in [2.05, 4.69) is 27.7 Å². The number of nitro groups is 1. The van der Waals surface area contributed by atoms with Crippen molar-refractivity contribution in [2.24, 2.45) is 0 Å². The maximum Gasteiger partial charge on any atom is 0.157 e. The summed E-state index contributed by atoms with van der Waals surface area (Å²) in [5, 5.41) is 10.2. The van der Waals surface area contributed by atoms with E-state index in [9.17, 15) is 10.1 Å². The van der Waals surface area contributed by atoms with Gasteiger partial charge in [-0.1, -0.05) is 53.4 Å². The van der Waals surface area contributed by atoms with Gasteiger partial charge in [-0.2, -0.15) is 0 Å². The lowest BCUT2D eigenvalue weighted by atomic mass is 10.1. The molecule has 0 aliphatic carbocycles. The molecule has 0 spiro atoms. The Labute approximate surface area is 173 Å². The standard InChI is InChI=1S/C16H36N.C6H10NO4/c1-5-9-13-17(14-10-6-2,15-11-7-3)16-12-8-4;1-6(2)10-3-5(4-11-6)7(8)9/h5-16H2,1-4H3;3-4H2,1-2H3/q+1;-1. The lowest BCUT2D eigenvalue weighted by molar-refractivity contribution is -0.929. The maximum atomic E-state index is 10.2. The van der Waals surface area contributed by atoms with Gasteiger partial charge in [-0.25, -0.2) is 0 Å². The summed E-state index contributed by atoms with van der Waals surface area (Å²) < 4.78 is 11.5. The molecule has 0 radical (unpaired) electrons. The monoisotopic (exact) mass is 402 g/mol. The van der Waals surface area contributed by atoms with Crippen LogP contribution in [0.5, 0.6) is 0 Å². The van der Waals surface area contributed by atoms with Crippen LogP contribution in [0.15, 0.2) is 0 Å². The van der Waals surface area contributed by atoms with E-state index >= 15 is 0 Å². The Morgan fingerprint density at radius 3 is 1.39 bits per heavy atom. The molecule has 0 aromatic carbocycles. The van der Waals surface area contributed by atoms with Crippen molar-refractivity contribution in [3.63, 3.8) is 0 Å². The van der Waals surface area contributed by atoms with Crippen molar-refractivity contribution in [1.82, 2.24) is 0 Å². The zero-order valence-corrected chi connectivity index (χ0v) is 19.4. The van der Waals surface area contributed by atoms with E-state index in [-0.39, 0.29) is 19.3 Å². The largest absolute Gasteiger partial charge is 0.374 e. The predicted molar refractivity (Wildman–Crippen MR) is 116 cm³/mol. The van der Waals surface area contributed by atoms with Gasteiger partial charge in [0.25, 0.3) is 0 Å². The average Bonchev–Trinajstić information content (AvgIpc) is 2.67. The van der Waals surface area contributed by atoms with Gasteiger partial charge in [-0.15, -0.1) is 4.92 Å². The molecule has 1 aliphatic heterocycles. The molecule has 0 N–H and O–H groups in total. The summed E-state index contributed by atoms with van der Waals surface area (Å²) in [6.45, 7) is 18.6. The highest BCUT2D eigenvalue weighted by Gasteiger charge is 2.26. The molecule has 0 saturated carbocycles. The molecule has 0 unspecified atom stereocenters. The van der Waals surface area contributed by atoms with E-state index in [1.54, 1.807) is 13.8 Å². The third kappa shape index (κ3) is 11.9. The van der Waals surface area contributed by atoms with Crippen LogP contribution >= 0.6 is 0 Å². The molecule has 1 heterocycles. The minimum atomic E-state index is -0.681. The molecule has 6 nitrogen and oxygen atoms in total. The van der Waals surface area contributed by atoms with Crippen LogP contribution in [0.4, 0.5) is 0 Å². The summed E-state index contributed by atoms with van der Waals surface area (Å²) in [6.07, 6.45) is 11.1. The lowest BCUT2D eigenvalue weighted by Crippen LogP contribution is -2.50. The Bertz CT molecular complexity index is 354. The highest BCUT2D eigenvalue weighted by molar-refractivity contribution is 4.81. The van der Waals surface area contributed by atoms with Crippen LogP contribution < -0.4 is 0 Å². The number of quaternary nitrogens is 1. The highest BCUT2D eigenvalue weighted by Crippen LogP contribution is 2.21. The summed E-state index contributed by atoms with van der Waals surface area (Å²) >= 11 is 0. The van der Waals surface area contributed by atoms with Crippen molar-refractivity contribution in [2.45, 2.75) is 98.7 Å². The Morgan fingerprint density at radius 1 is 0.821 bits per heavy atom. The van der Waals surface area contributed by atoms with Gasteiger partial charge in [0.15, 0.2) is 5.79 Å². The molecule has 1 rings (SSSR count). The van der Waals surface area contributed by atoms with E-state index in [4.69, 9.17) is 9.47 Å². The Morgan fingerprint density at radius 2 is 1.14 bits per heavy atom. The summed E-state index contributed by atoms with van der Waals surface area (Å²) in [6, 6.07) is 0.0734. The molecule has 0 aromatic heterocycles. The Kier molecular flexibility index (Phi) is 14.6. The zero-order valence-electron chi connectivity index (χ0n) is 19.4. The zero-order chi connectivity index (χ0) is 21.5. The first-order chi connectivity index (χ1) is 13.3.